The third-order valence-electron chi connectivity index (χ3n) is 3.08. The van der Waals surface area contributed by atoms with Crippen molar-refractivity contribution < 1.29 is 23.9 Å². The van der Waals surface area contributed by atoms with Crippen molar-refractivity contribution in [2.75, 3.05) is 13.7 Å². The first-order valence-corrected chi connectivity index (χ1v) is 7.81. The molecule has 1 aromatic rings. The van der Waals surface area contributed by atoms with Crippen LogP contribution in [-0.4, -0.2) is 30.8 Å². The zero-order chi connectivity index (χ0) is 18.1. The minimum atomic E-state index is -0.612. The highest BCUT2D eigenvalue weighted by atomic mass is 16.6. The van der Waals surface area contributed by atoms with Crippen LogP contribution in [0.2, 0.25) is 0 Å². The van der Waals surface area contributed by atoms with E-state index in [1.807, 2.05) is 20.8 Å². The van der Waals surface area contributed by atoms with Gasteiger partial charge in [-0.25, -0.2) is 4.79 Å². The summed E-state index contributed by atoms with van der Waals surface area (Å²) < 4.78 is 15.8. The molecule has 0 saturated carbocycles. The van der Waals surface area contributed by atoms with Gasteiger partial charge in [-0.3, -0.25) is 10.1 Å². The largest absolute Gasteiger partial charge is 0.493 e. The Morgan fingerprint density at radius 1 is 1.33 bits per heavy atom. The number of rotatable bonds is 9. The van der Waals surface area contributed by atoms with E-state index in [1.54, 1.807) is 0 Å². The molecule has 0 radical (unpaired) electrons. The second-order valence-corrected chi connectivity index (χ2v) is 5.41. The zero-order valence-electron chi connectivity index (χ0n) is 14.5. The fourth-order valence-corrected chi connectivity index (χ4v) is 1.94. The first-order chi connectivity index (χ1) is 11.4. The highest BCUT2D eigenvalue weighted by Crippen LogP contribution is 2.35. The molecule has 0 aliphatic carbocycles. The number of benzene rings is 1. The highest BCUT2D eigenvalue weighted by Gasteiger charge is 2.21. The van der Waals surface area contributed by atoms with E-state index in [0.717, 1.165) is 12.8 Å². The van der Waals surface area contributed by atoms with Gasteiger partial charge in [-0.1, -0.05) is 13.3 Å². The van der Waals surface area contributed by atoms with E-state index in [-0.39, 0.29) is 29.7 Å². The van der Waals surface area contributed by atoms with E-state index >= 15 is 0 Å². The molecular weight excluding hydrogens is 316 g/mol. The number of nitro groups is 1. The summed E-state index contributed by atoms with van der Waals surface area (Å²) in [5.74, 6) is 0.620. The third-order valence-corrected chi connectivity index (χ3v) is 3.08. The van der Waals surface area contributed by atoms with Gasteiger partial charge in [0.05, 0.1) is 29.8 Å². The average Bonchev–Trinajstić information content (AvgIpc) is 2.52. The van der Waals surface area contributed by atoms with Crippen LogP contribution in [0.25, 0.3) is 0 Å². The van der Waals surface area contributed by atoms with Gasteiger partial charge >= 0.3 is 6.09 Å². The van der Waals surface area contributed by atoms with Crippen molar-refractivity contribution in [1.82, 2.24) is 5.32 Å². The molecule has 1 amide bonds. The van der Waals surface area contributed by atoms with Crippen LogP contribution >= 0.6 is 0 Å². The molecule has 0 unspecified atom stereocenters. The fraction of sp³-hybridized carbons (Fsp3) is 0.562. The number of ether oxygens (including phenoxy) is 3. The van der Waals surface area contributed by atoms with Gasteiger partial charge in [0.2, 0.25) is 0 Å². The molecule has 0 bridgehead atoms. The molecule has 134 valence electrons. The van der Waals surface area contributed by atoms with Gasteiger partial charge < -0.3 is 19.5 Å². The summed E-state index contributed by atoms with van der Waals surface area (Å²) in [6.45, 7) is 5.89. The maximum Gasteiger partial charge on any atom is 0.407 e. The van der Waals surface area contributed by atoms with Gasteiger partial charge in [0.25, 0.3) is 5.69 Å². The van der Waals surface area contributed by atoms with Crippen molar-refractivity contribution in [3.63, 3.8) is 0 Å². The molecular formula is C16H24N2O6. The van der Waals surface area contributed by atoms with Crippen LogP contribution in [0.3, 0.4) is 0 Å². The molecule has 0 aliphatic heterocycles. The topological polar surface area (TPSA) is 99.9 Å². The Kier molecular flexibility index (Phi) is 7.81. The number of carbonyl (C=O) groups excluding carboxylic acids is 1. The lowest BCUT2D eigenvalue weighted by Gasteiger charge is -2.15. The number of nitro benzene ring substituents is 1. The lowest BCUT2D eigenvalue weighted by molar-refractivity contribution is -0.385. The maximum absolute atomic E-state index is 11.6. The Balaban J connectivity index is 2.92. The molecule has 8 nitrogen and oxygen atoms in total. The molecule has 0 atom stereocenters. The van der Waals surface area contributed by atoms with Crippen LogP contribution in [0, 0.1) is 10.1 Å². The SMILES string of the molecule is CCCCNC(=O)OCc1cc(OC)c(OC(C)C)cc1[N+](=O)[O-]. The Morgan fingerprint density at radius 2 is 2.04 bits per heavy atom. The van der Waals surface area contributed by atoms with Crippen molar-refractivity contribution in [1.29, 1.82) is 0 Å². The molecule has 0 aliphatic rings. The molecule has 1 rings (SSSR count). The molecule has 0 saturated heterocycles. The van der Waals surface area contributed by atoms with Gasteiger partial charge in [-0.2, -0.15) is 0 Å². The number of alkyl carbamates (subject to hydrolysis) is 1. The third kappa shape index (κ3) is 5.94. The Morgan fingerprint density at radius 3 is 2.58 bits per heavy atom. The first-order valence-electron chi connectivity index (χ1n) is 7.81. The van der Waals surface area contributed by atoms with Gasteiger partial charge in [0, 0.05) is 6.54 Å². The van der Waals surface area contributed by atoms with Crippen molar-refractivity contribution in [3.05, 3.63) is 27.8 Å². The molecule has 0 fully saturated rings. The summed E-state index contributed by atoms with van der Waals surface area (Å²) in [6.07, 6.45) is 1.01. The molecule has 8 heteroatoms. The van der Waals surface area contributed by atoms with Gasteiger partial charge in [-0.05, 0) is 26.3 Å². The highest BCUT2D eigenvalue weighted by molar-refractivity contribution is 5.67. The smallest absolute Gasteiger partial charge is 0.407 e. The maximum atomic E-state index is 11.6. The van der Waals surface area contributed by atoms with Crippen LogP contribution in [0.4, 0.5) is 10.5 Å². The predicted octanol–water partition coefficient (Wildman–Crippen LogP) is 3.42. The number of carbonyl (C=O) groups is 1. The Bertz CT molecular complexity index is 574. The second-order valence-electron chi connectivity index (χ2n) is 5.41. The van der Waals surface area contributed by atoms with Crippen molar-refractivity contribution in [2.45, 2.75) is 46.3 Å². The van der Waals surface area contributed by atoms with Crippen LogP contribution in [0.1, 0.15) is 39.2 Å². The summed E-state index contributed by atoms with van der Waals surface area (Å²) in [5, 5.41) is 13.8. The standard InChI is InChI=1S/C16H24N2O6/c1-5-6-7-17-16(19)23-10-12-8-14(22-4)15(24-11(2)3)9-13(12)18(20)21/h8-9,11H,5-7,10H2,1-4H3,(H,17,19). The molecule has 1 N–H and O–H groups in total. The second kappa shape index (κ2) is 9.59. The fourth-order valence-electron chi connectivity index (χ4n) is 1.94. The van der Waals surface area contributed by atoms with Crippen molar-refractivity contribution >= 4 is 11.8 Å². The van der Waals surface area contributed by atoms with Gasteiger partial charge in [0.1, 0.15) is 6.61 Å². The number of hydrogen-bond donors (Lipinski definition) is 1. The van der Waals surface area contributed by atoms with Gasteiger partial charge in [0.15, 0.2) is 11.5 Å². The Hall–Kier alpha value is -2.51. The normalized spacial score (nSPS) is 10.4. The predicted molar refractivity (Wildman–Crippen MR) is 88.5 cm³/mol. The summed E-state index contributed by atoms with van der Waals surface area (Å²) in [7, 11) is 1.44. The van der Waals surface area contributed by atoms with E-state index in [2.05, 4.69) is 5.32 Å². The summed E-state index contributed by atoms with van der Waals surface area (Å²) in [4.78, 5) is 22.3. The minimum Gasteiger partial charge on any atom is -0.493 e. The molecule has 0 spiro atoms. The number of hydrogen-bond acceptors (Lipinski definition) is 6. The van der Waals surface area contributed by atoms with Gasteiger partial charge in [-0.15, -0.1) is 0 Å². The van der Waals surface area contributed by atoms with E-state index in [0.29, 0.717) is 12.3 Å². The first kappa shape index (κ1) is 19.5. The average molecular weight is 340 g/mol. The van der Waals surface area contributed by atoms with E-state index in [4.69, 9.17) is 14.2 Å². The quantitative estimate of drug-likeness (QED) is 0.420. The molecule has 24 heavy (non-hydrogen) atoms. The van der Waals surface area contributed by atoms with Crippen LogP contribution in [0.5, 0.6) is 11.5 Å². The zero-order valence-corrected chi connectivity index (χ0v) is 14.5. The van der Waals surface area contributed by atoms with Crippen molar-refractivity contribution in [3.8, 4) is 11.5 Å². The summed E-state index contributed by atoms with van der Waals surface area (Å²) in [6, 6.07) is 2.74. The Labute approximate surface area is 141 Å². The lowest BCUT2D eigenvalue weighted by atomic mass is 10.1. The van der Waals surface area contributed by atoms with Crippen LogP contribution in [-0.2, 0) is 11.3 Å². The van der Waals surface area contributed by atoms with Crippen LogP contribution < -0.4 is 14.8 Å². The minimum absolute atomic E-state index is 0.162. The van der Waals surface area contributed by atoms with Crippen LogP contribution in [0.15, 0.2) is 12.1 Å². The molecule has 1 aromatic carbocycles. The molecule has 0 aromatic heterocycles. The van der Waals surface area contributed by atoms with E-state index in [1.165, 1.54) is 19.2 Å². The molecule has 0 heterocycles. The number of nitrogens with one attached hydrogen (secondary N) is 1. The van der Waals surface area contributed by atoms with E-state index in [9.17, 15) is 14.9 Å². The van der Waals surface area contributed by atoms with Crippen molar-refractivity contribution in [2.24, 2.45) is 0 Å². The monoisotopic (exact) mass is 340 g/mol. The van der Waals surface area contributed by atoms with E-state index < -0.39 is 11.0 Å². The number of methoxy groups -OCH3 is 1. The summed E-state index contributed by atoms with van der Waals surface area (Å²) in [5.41, 5.74) is 0.0476. The lowest BCUT2D eigenvalue weighted by Crippen LogP contribution is -2.25. The summed E-state index contributed by atoms with van der Waals surface area (Å²) >= 11 is 0. The number of amides is 1. The number of unbranched alkanes of at least 4 members (excludes halogenated alkanes) is 1. The number of nitrogens with zero attached hydrogens (tertiary/aromatic N) is 1.